The van der Waals surface area contributed by atoms with Crippen molar-refractivity contribution in [2.45, 2.75) is 6.92 Å². The van der Waals surface area contributed by atoms with Gasteiger partial charge in [-0.1, -0.05) is 0 Å². The van der Waals surface area contributed by atoms with Crippen LogP contribution in [0, 0.1) is 31.6 Å². The van der Waals surface area contributed by atoms with Crippen molar-refractivity contribution < 1.29 is 19.4 Å². The Morgan fingerprint density at radius 3 is 2.48 bits per heavy atom. The maximum atomic E-state index is 11.6. The van der Waals surface area contributed by atoms with Crippen LogP contribution in [-0.4, -0.2) is 36.6 Å². The molecule has 0 aliphatic carbocycles. The number of rotatable bonds is 8. The van der Waals surface area contributed by atoms with Crippen molar-refractivity contribution in [2.75, 3.05) is 31.1 Å². The van der Waals surface area contributed by atoms with Crippen LogP contribution in [0.1, 0.15) is 12.5 Å². The number of ether oxygens (including phenoxy) is 1. The van der Waals surface area contributed by atoms with Crippen molar-refractivity contribution in [3.05, 3.63) is 56.1 Å². The summed E-state index contributed by atoms with van der Waals surface area (Å²) >= 11 is 0. The molecule has 1 amide bonds. The van der Waals surface area contributed by atoms with Gasteiger partial charge in [-0.05, 0) is 18.2 Å². The molecule has 2 rings (SSSR count). The highest BCUT2D eigenvalue weighted by atomic mass is 16.6. The summed E-state index contributed by atoms with van der Waals surface area (Å²) in [6.45, 7) is 1.57. The highest BCUT2D eigenvalue weighted by Gasteiger charge is 2.24. The van der Waals surface area contributed by atoms with Crippen LogP contribution >= 0.6 is 0 Å². The van der Waals surface area contributed by atoms with E-state index in [9.17, 15) is 30.3 Å². The molecule has 1 N–H and O–H groups in total. The summed E-state index contributed by atoms with van der Waals surface area (Å²) in [5.74, 6) is -0.387. The molecule has 0 atom stereocenters. The van der Waals surface area contributed by atoms with E-state index in [1.807, 2.05) is 0 Å². The lowest BCUT2D eigenvalue weighted by Crippen LogP contribution is -2.19. The van der Waals surface area contributed by atoms with Crippen LogP contribution < -0.4 is 10.2 Å². The summed E-state index contributed by atoms with van der Waals surface area (Å²) in [5.41, 5.74) is -1.09. The average molecular weight is 427 g/mol. The van der Waals surface area contributed by atoms with Gasteiger partial charge in [0.15, 0.2) is 5.69 Å². The number of benzene rings is 2. The minimum atomic E-state index is -0.889. The largest absolute Gasteiger partial charge is 0.364 e. The second-order valence-electron chi connectivity index (χ2n) is 6.19. The van der Waals surface area contributed by atoms with E-state index in [1.54, 1.807) is 30.1 Å². The first kappa shape index (κ1) is 22.8. The smallest absolute Gasteiger partial charge is 0.304 e. The number of non-ortho nitro benzene ring substituents is 1. The van der Waals surface area contributed by atoms with Gasteiger partial charge in [0.1, 0.15) is 18.5 Å². The summed E-state index contributed by atoms with van der Waals surface area (Å²) in [6.07, 6.45) is 0. The van der Waals surface area contributed by atoms with Crippen molar-refractivity contribution in [2.24, 2.45) is 10.2 Å². The number of carbonyl (C=O) groups is 1. The van der Waals surface area contributed by atoms with Crippen molar-refractivity contribution in [1.29, 1.82) is 5.26 Å². The fourth-order valence-corrected chi connectivity index (χ4v) is 2.55. The molecule has 0 saturated carbocycles. The van der Waals surface area contributed by atoms with Crippen LogP contribution in [0.2, 0.25) is 0 Å². The maximum absolute atomic E-state index is 11.6. The van der Waals surface area contributed by atoms with Gasteiger partial charge in [0.25, 0.3) is 5.69 Å². The van der Waals surface area contributed by atoms with Crippen LogP contribution in [0.25, 0.3) is 0 Å². The third-order valence-corrected chi connectivity index (χ3v) is 3.91. The fraction of sp³-hybridized carbons (Fsp3) is 0.222. The van der Waals surface area contributed by atoms with Crippen LogP contribution in [0.5, 0.6) is 0 Å². The quantitative estimate of drug-likeness (QED) is 0.286. The molecule has 0 unspecified atom stereocenters. The van der Waals surface area contributed by atoms with Crippen LogP contribution in [0.15, 0.2) is 40.6 Å². The second-order valence-corrected chi connectivity index (χ2v) is 6.19. The molecule has 160 valence electrons. The van der Waals surface area contributed by atoms with Crippen LogP contribution in [0.3, 0.4) is 0 Å². The van der Waals surface area contributed by atoms with E-state index in [-0.39, 0.29) is 29.6 Å². The number of anilines is 2. The first-order chi connectivity index (χ1) is 14.7. The number of nitrogens with zero attached hydrogens (tertiary/aromatic N) is 6. The molecule has 31 heavy (non-hydrogen) atoms. The van der Waals surface area contributed by atoms with E-state index in [2.05, 4.69) is 15.5 Å². The van der Waals surface area contributed by atoms with E-state index in [0.717, 1.165) is 6.07 Å². The molecule has 0 bridgehead atoms. The average Bonchev–Trinajstić information content (AvgIpc) is 2.71. The molecular weight excluding hydrogens is 410 g/mol. The zero-order chi connectivity index (χ0) is 23.1. The number of hydrogen-bond donors (Lipinski definition) is 1. The maximum Gasteiger partial charge on any atom is 0.304 e. The van der Waals surface area contributed by atoms with E-state index < -0.39 is 26.9 Å². The number of nitrogens with one attached hydrogen (secondary N) is 1. The highest BCUT2D eigenvalue weighted by Crippen LogP contribution is 2.38. The Bertz CT molecular complexity index is 1110. The van der Waals surface area contributed by atoms with Gasteiger partial charge in [-0.25, -0.2) is 0 Å². The Morgan fingerprint density at radius 1 is 1.23 bits per heavy atom. The summed E-state index contributed by atoms with van der Waals surface area (Å²) < 4.78 is 5.06. The molecule has 0 aromatic heterocycles. The minimum Gasteiger partial charge on any atom is -0.364 e. The number of nitriles is 1. The molecule has 0 fully saturated rings. The van der Waals surface area contributed by atoms with Gasteiger partial charge in [-0.3, -0.25) is 25.0 Å². The van der Waals surface area contributed by atoms with Crippen LogP contribution in [-0.2, 0) is 9.53 Å². The van der Waals surface area contributed by atoms with E-state index in [0.29, 0.717) is 11.8 Å². The number of azo groups is 1. The molecular formula is C18H17N7O6. The molecule has 0 aliphatic rings. The Labute approximate surface area is 175 Å². The van der Waals surface area contributed by atoms with Crippen molar-refractivity contribution in [3.63, 3.8) is 0 Å². The molecule has 2 aromatic carbocycles. The van der Waals surface area contributed by atoms with Gasteiger partial charge in [0, 0.05) is 32.8 Å². The number of nitro benzene ring substituents is 2. The lowest BCUT2D eigenvalue weighted by molar-refractivity contribution is -0.393. The predicted octanol–water partition coefficient (Wildman–Crippen LogP) is 3.79. The zero-order valence-electron chi connectivity index (χ0n) is 16.7. The monoisotopic (exact) mass is 427 g/mol. The van der Waals surface area contributed by atoms with Crippen LogP contribution in [0.4, 0.5) is 34.1 Å². The number of carbonyl (C=O) groups excluding carboxylic acids is 1. The number of hydrogen-bond acceptors (Lipinski definition) is 10. The lowest BCUT2D eigenvalue weighted by Gasteiger charge is -2.19. The van der Waals surface area contributed by atoms with Crippen molar-refractivity contribution in [3.8, 4) is 6.07 Å². The first-order valence-corrected chi connectivity index (χ1v) is 8.58. The predicted molar refractivity (Wildman–Crippen MR) is 110 cm³/mol. The first-order valence-electron chi connectivity index (χ1n) is 8.58. The Balaban J connectivity index is 2.58. The standard InChI is InChI=1S/C18H17N7O6/c1-11(26)20-16-7-13(23(2)10-31-3)4-5-15(16)21-22-18-12(9-19)6-14(24(27)28)8-17(18)25(29)30/h4-8H,10H2,1-3H3,(H,20,26)/b22-21+. The Kier molecular flexibility index (Phi) is 7.26. The van der Waals surface area contributed by atoms with Gasteiger partial charge in [0.05, 0.1) is 27.2 Å². The number of methoxy groups -OCH3 is 1. The zero-order valence-corrected chi connectivity index (χ0v) is 16.7. The lowest BCUT2D eigenvalue weighted by atomic mass is 10.1. The van der Waals surface area contributed by atoms with Gasteiger partial charge in [0.2, 0.25) is 5.91 Å². The van der Waals surface area contributed by atoms with Gasteiger partial charge >= 0.3 is 5.69 Å². The molecule has 13 heteroatoms. The second kappa shape index (κ2) is 9.85. The third-order valence-electron chi connectivity index (χ3n) is 3.91. The summed E-state index contributed by atoms with van der Waals surface area (Å²) in [7, 11) is 3.29. The molecule has 0 spiro atoms. The van der Waals surface area contributed by atoms with Crippen molar-refractivity contribution in [1.82, 2.24) is 0 Å². The summed E-state index contributed by atoms with van der Waals surface area (Å²) in [6, 6.07) is 8.01. The molecule has 0 radical (unpaired) electrons. The third kappa shape index (κ3) is 5.55. The van der Waals surface area contributed by atoms with E-state index >= 15 is 0 Å². The minimum absolute atomic E-state index is 0.154. The number of nitro groups is 2. The fourth-order valence-electron chi connectivity index (χ4n) is 2.55. The molecule has 13 nitrogen and oxygen atoms in total. The van der Waals surface area contributed by atoms with Crippen molar-refractivity contribution >= 4 is 40.0 Å². The van der Waals surface area contributed by atoms with Gasteiger partial charge in [-0.2, -0.15) is 5.26 Å². The molecule has 2 aromatic rings. The van der Waals surface area contributed by atoms with E-state index in [4.69, 9.17) is 4.74 Å². The highest BCUT2D eigenvalue weighted by molar-refractivity contribution is 5.93. The topological polar surface area (TPSA) is 176 Å². The molecule has 0 aliphatic heterocycles. The normalized spacial score (nSPS) is 10.5. The van der Waals surface area contributed by atoms with Gasteiger partial charge < -0.3 is 15.0 Å². The Morgan fingerprint density at radius 2 is 1.94 bits per heavy atom. The van der Waals surface area contributed by atoms with Gasteiger partial charge in [-0.15, -0.1) is 10.2 Å². The number of amides is 1. The molecule has 0 heterocycles. The molecule has 0 saturated heterocycles. The Hall–Kier alpha value is -4.44. The van der Waals surface area contributed by atoms with E-state index in [1.165, 1.54) is 20.1 Å². The summed E-state index contributed by atoms with van der Waals surface area (Å²) in [4.78, 5) is 33.9. The summed E-state index contributed by atoms with van der Waals surface area (Å²) in [5, 5.41) is 41.9. The SMILES string of the molecule is COCN(C)c1ccc(/N=N/c2c(C#N)cc([N+](=O)[O-])cc2[N+](=O)[O-])c(NC(C)=O)c1.